The molecule has 1 aliphatic heterocycles. The summed E-state index contributed by atoms with van der Waals surface area (Å²) >= 11 is 0. The molecule has 0 aliphatic carbocycles. The molecule has 0 amide bonds. The zero-order valence-electron chi connectivity index (χ0n) is 6.39. The van der Waals surface area contributed by atoms with Crippen molar-refractivity contribution in [3.63, 3.8) is 0 Å². The first kappa shape index (κ1) is 9.56. The van der Waals surface area contributed by atoms with E-state index in [0.717, 1.165) is 0 Å². The van der Waals surface area contributed by atoms with Crippen molar-refractivity contribution in [2.45, 2.75) is 26.4 Å². The van der Waals surface area contributed by atoms with Gasteiger partial charge in [0.1, 0.15) is 0 Å². The van der Waals surface area contributed by atoms with E-state index in [-0.39, 0.29) is 18.8 Å². The Morgan fingerprint density at radius 1 is 1.60 bits per heavy atom. The molecule has 60 valence electrons. The molecule has 10 heavy (non-hydrogen) atoms. The highest BCUT2D eigenvalue weighted by molar-refractivity contribution is 5.83. The SMILES string of the molecule is CC.O=C1CCOCC1F. The number of hydrogen-bond donors (Lipinski definition) is 0. The first-order valence-electron chi connectivity index (χ1n) is 3.55. The second-order valence-electron chi connectivity index (χ2n) is 1.76. The van der Waals surface area contributed by atoms with E-state index in [1.54, 1.807) is 0 Å². The van der Waals surface area contributed by atoms with Gasteiger partial charge in [0.25, 0.3) is 0 Å². The molecule has 0 spiro atoms. The first-order chi connectivity index (χ1) is 4.80. The van der Waals surface area contributed by atoms with Gasteiger partial charge in [-0.2, -0.15) is 0 Å². The molecule has 1 fully saturated rings. The predicted molar refractivity (Wildman–Crippen MR) is 36.7 cm³/mol. The molecule has 0 N–H and O–H groups in total. The third-order valence-corrected chi connectivity index (χ3v) is 1.11. The number of hydrogen-bond acceptors (Lipinski definition) is 2. The van der Waals surface area contributed by atoms with Crippen molar-refractivity contribution in [3.05, 3.63) is 0 Å². The second-order valence-corrected chi connectivity index (χ2v) is 1.76. The van der Waals surface area contributed by atoms with Crippen molar-refractivity contribution in [2.24, 2.45) is 0 Å². The number of ketones is 1. The minimum Gasteiger partial charge on any atom is -0.377 e. The highest BCUT2D eigenvalue weighted by atomic mass is 19.1. The van der Waals surface area contributed by atoms with Gasteiger partial charge in [0.2, 0.25) is 0 Å². The first-order valence-corrected chi connectivity index (χ1v) is 3.55. The number of Topliss-reactive ketones (excluding diaryl/α,β-unsaturated/α-hetero) is 1. The zero-order valence-corrected chi connectivity index (χ0v) is 6.39. The topological polar surface area (TPSA) is 26.3 Å². The molecule has 3 heteroatoms. The van der Waals surface area contributed by atoms with Crippen LogP contribution in [-0.4, -0.2) is 25.2 Å². The predicted octanol–water partition coefficient (Wildman–Crippen LogP) is 1.34. The van der Waals surface area contributed by atoms with Gasteiger partial charge in [-0.15, -0.1) is 0 Å². The van der Waals surface area contributed by atoms with E-state index in [2.05, 4.69) is 4.74 Å². The van der Waals surface area contributed by atoms with Crippen molar-refractivity contribution in [1.82, 2.24) is 0 Å². The summed E-state index contributed by atoms with van der Waals surface area (Å²) in [7, 11) is 0. The van der Waals surface area contributed by atoms with Gasteiger partial charge < -0.3 is 4.74 Å². The van der Waals surface area contributed by atoms with Crippen LogP contribution in [-0.2, 0) is 9.53 Å². The van der Waals surface area contributed by atoms with Crippen LogP contribution >= 0.6 is 0 Å². The van der Waals surface area contributed by atoms with E-state index in [9.17, 15) is 9.18 Å². The maximum atomic E-state index is 12.1. The van der Waals surface area contributed by atoms with Gasteiger partial charge in [-0.05, 0) is 0 Å². The Labute approximate surface area is 60.4 Å². The van der Waals surface area contributed by atoms with E-state index in [4.69, 9.17) is 0 Å². The van der Waals surface area contributed by atoms with Crippen LogP contribution in [0.4, 0.5) is 4.39 Å². The summed E-state index contributed by atoms with van der Waals surface area (Å²) in [5.74, 6) is -0.323. The third-order valence-electron chi connectivity index (χ3n) is 1.11. The molecule has 0 saturated carbocycles. The third kappa shape index (κ3) is 2.92. The molecule has 1 rings (SSSR count). The summed E-state index contributed by atoms with van der Waals surface area (Å²) < 4.78 is 16.8. The quantitative estimate of drug-likeness (QED) is 0.518. The summed E-state index contributed by atoms with van der Waals surface area (Å²) in [6.45, 7) is 4.35. The van der Waals surface area contributed by atoms with Crippen LogP contribution in [0, 0.1) is 0 Å². The van der Waals surface area contributed by atoms with Crippen molar-refractivity contribution in [1.29, 1.82) is 0 Å². The summed E-state index contributed by atoms with van der Waals surface area (Å²) in [5, 5.41) is 0. The summed E-state index contributed by atoms with van der Waals surface area (Å²) in [4.78, 5) is 10.3. The Morgan fingerprint density at radius 2 is 2.20 bits per heavy atom. The molecule has 1 aliphatic rings. The number of halogens is 1. The molecule has 1 heterocycles. The molecule has 0 aromatic heterocycles. The lowest BCUT2D eigenvalue weighted by Crippen LogP contribution is -2.28. The van der Waals surface area contributed by atoms with Gasteiger partial charge in [-0.1, -0.05) is 13.8 Å². The Bertz CT molecular complexity index is 104. The fourth-order valence-corrected chi connectivity index (χ4v) is 0.609. The van der Waals surface area contributed by atoms with Crippen molar-refractivity contribution >= 4 is 5.78 Å². The minimum absolute atomic E-state index is 0.0428. The molecule has 2 nitrogen and oxygen atoms in total. The molecule has 0 bridgehead atoms. The lowest BCUT2D eigenvalue weighted by molar-refractivity contribution is -0.131. The molecular weight excluding hydrogens is 135 g/mol. The fourth-order valence-electron chi connectivity index (χ4n) is 0.609. The van der Waals surface area contributed by atoms with Crippen LogP contribution in [0.2, 0.25) is 0 Å². The number of alkyl halides is 1. The lowest BCUT2D eigenvalue weighted by atomic mass is 10.2. The summed E-state index contributed by atoms with van der Waals surface area (Å²) in [6, 6.07) is 0. The average Bonchev–Trinajstić information content (AvgIpc) is 2.00. The number of carbonyl (C=O) groups is 1. The largest absolute Gasteiger partial charge is 0.377 e. The number of rotatable bonds is 0. The van der Waals surface area contributed by atoms with Gasteiger partial charge in [-0.25, -0.2) is 4.39 Å². The van der Waals surface area contributed by atoms with E-state index >= 15 is 0 Å². The number of carbonyl (C=O) groups excluding carboxylic acids is 1. The van der Waals surface area contributed by atoms with Crippen molar-refractivity contribution < 1.29 is 13.9 Å². The zero-order chi connectivity index (χ0) is 7.98. The maximum absolute atomic E-state index is 12.1. The Balaban J connectivity index is 0.000000371. The van der Waals surface area contributed by atoms with Crippen molar-refractivity contribution in [3.8, 4) is 0 Å². The average molecular weight is 148 g/mol. The number of ether oxygens (including phenoxy) is 1. The van der Waals surface area contributed by atoms with Gasteiger partial charge in [0.15, 0.2) is 12.0 Å². The van der Waals surface area contributed by atoms with Gasteiger partial charge in [0.05, 0.1) is 13.2 Å². The standard InChI is InChI=1S/C5H7FO2.C2H6/c6-4-3-8-2-1-5(4)7;1-2/h4H,1-3H2;1-2H3. The van der Waals surface area contributed by atoms with E-state index in [1.807, 2.05) is 13.8 Å². The van der Waals surface area contributed by atoms with Crippen LogP contribution < -0.4 is 0 Å². The molecular formula is C7H13FO2. The summed E-state index contributed by atoms with van der Waals surface area (Å²) in [6.07, 6.45) is -1.12. The van der Waals surface area contributed by atoms with Crippen LogP contribution in [0.5, 0.6) is 0 Å². The Hall–Kier alpha value is -0.440. The van der Waals surface area contributed by atoms with Gasteiger partial charge in [-0.3, -0.25) is 4.79 Å². The normalized spacial score (nSPS) is 25.1. The highest BCUT2D eigenvalue weighted by Gasteiger charge is 2.20. The molecule has 0 radical (unpaired) electrons. The highest BCUT2D eigenvalue weighted by Crippen LogP contribution is 2.04. The van der Waals surface area contributed by atoms with Gasteiger partial charge in [0, 0.05) is 6.42 Å². The van der Waals surface area contributed by atoms with Crippen LogP contribution in [0.15, 0.2) is 0 Å². The maximum Gasteiger partial charge on any atom is 0.181 e. The smallest absolute Gasteiger partial charge is 0.181 e. The molecule has 1 saturated heterocycles. The van der Waals surface area contributed by atoms with E-state index in [0.29, 0.717) is 6.61 Å². The van der Waals surface area contributed by atoms with Gasteiger partial charge >= 0.3 is 0 Å². The second kappa shape index (κ2) is 5.35. The minimum atomic E-state index is -1.36. The van der Waals surface area contributed by atoms with Crippen molar-refractivity contribution in [2.75, 3.05) is 13.2 Å². The van der Waals surface area contributed by atoms with Crippen LogP contribution in [0.3, 0.4) is 0 Å². The Kier molecular flexibility index (Phi) is 5.12. The molecule has 0 aromatic carbocycles. The van der Waals surface area contributed by atoms with E-state index < -0.39 is 6.17 Å². The van der Waals surface area contributed by atoms with E-state index in [1.165, 1.54) is 0 Å². The monoisotopic (exact) mass is 148 g/mol. The summed E-state index contributed by atoms with van der Waals surface area (Å²) in [5.41, 5.74) is 0. The Morgan fingerprint density at radius 3 is 2.50 bits per heavy atom. The van der Waals surface area contributed by atoms with Crippen LogP contribution in [0.25, 0.3) is 0 Å². The molecule has 1 unspecified atom stereocenters. The molecule has 0 aromatic rings. The van der Waals surface area contributed by atoms with Crippen LogP contribution in [0.1, 0.15) is 20.3 Å². The molecule has 1 atom stereocenters. The lowest BCUT2D eigenvalue weighted by Gasteiger charge is -2.12. The fraction of sp³-hybridized carbons (Fsp3) is 0.857.